The first-order valence-electron chi connectivity index (χ1n) is 7.07. The summed E-state index contributed by atoms with van der Waals surface area (Å²) in [5.41, 5.74) is 3.44. The highest BCUT2D eigenvalue weighted by Gasteiger charge is 2.16. The molecule has 0 fully saturated rings. The van der Waals surface area contributed by atoms with Crippen LogP contribution in [0.1, 0.15) is 15.9 Å². The maximum Gasteiger partial charge on any atom is 0.275 e. The molecule has 1 amide bonds. The molecule has 130 valence electrons. The molecule has 2 N–H and O–H groups in total. The van der Waals surface area contributed by atoms with Gasteiger partial charge in [0, 0.05) is 30.7 Å². The smallest absolute Gasteiger partial charge is 0.275 e. The third-order valence-corrected chi connectivity index (χ3v) is 3.90. The van der Waals surface area contributed by atoms with E-state index in [0.717, 1.165) is 33.9 Å². The van der Waals surface area contributed by atoms with Crippen LogP contribution in [0.15, 0.2) is 46.0 Å². The fourth-order valence-electron chi connectivity index (χ4n) is 2.01. The van der Waals surface area contributed by atoms with E-state index in [1.54, 1.807) is 0 Å². The number of amides is 1. The molecular weight excluding hydrogens is 392 g/mol. The molecular formula is C16H15BrN4O4. The number of hydrogen-bond donors (Lipinski definition) is 2. The molecule has 8 nitrogen and oxygen atoms in total. The zero-order valence-corrected chi connectivity index (χ0v) is 15.0. The van der Waals surface area contributed by atoms with Crippen LogP contribution in [0, 0.1) is 10.1 Å². The average molecular weight is 407 g/mol. The Morgan fingerprint density at radius 1 is 1.32 bits per heavy atom. The highest BCUT2D eigenvalue weighted by Crippen LogP contribution is 2.25. The second kappa shape index (κ2) is 7.75. The number of nitrogens with one attached hydrogen (secondary N) is 1. The van der Waals surface area contributed by atoms with E-state index in [4.69, 9.17) is 0 Å². The van der Waals surface area contributed by atoms with Gasteiger partial charge in [0.1, 0.15) is 5.75 Å². The van der Waals surface area contributed by atoms with Crippen molar-refractivity contribution in [3.63, 3.8) is 0 Å². The van der Waals surface area contributed by atoms with Crippen molar-refractivity contribution in [3.05, 3.63) is 62.1 Å². The maximum absolute atomic E-state index is 12.0. The van der Waals surface area contributed by atoms with E-state index in [0.29, 0.717) is 0 Å². The number of nitrogens with zero attached hydrogens (tertiary/aromatic N) is 3. The van der Waals surface area contributed by atoms with Gasteiger partial charge in [-0.25, -0.2) is 5.43 Å². The lowest BCUT2D eigenvalue weighted by Gasteiger charge is -2.14. The van der Waals surface area contributed by atoms with Crippen molar-refractivity contribution >= 4 is 39.4 Å². The topological polar surface area (TPSA) is 108 Å². The zero-order valence-electron chi connectivity index (χ0n) is 13.4. The number of phenolic OH excluding ortho intramolecular Hbond substituents is 1. The highest BCUT2D eigenvalue weighted by atomic mass is 79.9. The van der Waals surface area contributed by atoms with Gasteiger partial charge >= 0.3 is 0 Å². The van der Waals surface area contributed by atoms with Gasteiger partial charge in [-0.15, -0.1) is 0 Å². The Bertz CT molecular complexity index is 852. The average Bonchev–Trinajstić information content (AvgIpc) is 2.54. The molecule has 0 saturated carbocycles. The molecule has 2 aromatic rings. The van der Waals surface area contributed by atoms with Crippen LogP contribution >= 0.6 is 15.9 Å². The molecule has 0 atom stereocenters. The molecule has 0 aliphatic rings. The minimum atomic E-state index is -0.749. The Kier molecular flexibility index (Phi) is 5.71. The predicted octanol–water partition coefficient (Wildman–Crippen LogP) is 2.89. The third-order valence-electron chi connectivity index (χ3n) is 3.27. The lowest BCUT2D eigenvalue weighted by molar-refractivity contribution is -0.384. The Morgan fingerprint density at radius 3 is 2.64 bits per heavy atom. The number of benzene rings is 2. The largest absolute Gasteiger partial charge is 0.507 e. The van der Waals surface area contributed by atoms with Gasteiger partial charge in [0.05, 0.1) is 22.4 Å². The number of nitro benzene ring substituents is 1. The molecule has 0 unspecified atom stereocenters. The summed E-state index contributed by atoms with van der Waals surface area (Å²) in [6.07, 6.45) is 1.43. The molecule has 25 heavy (non-hydrogen) atoms. The second-order valence-corrected chi connectivity index (χ2v) is 6.12. The lowest BCUT2D eigenvalue weighted by Crippen LogP contribution is -2.18. The van der Waals surface area contributed by atoms with Gasteiger partial charge < -0.3 is 10.0 Å². The first-order valence-corrected chi connectivity index (χ1v) is 7.86. The summed E-state index contributed by atoms with van der Waals surface area (Å²) in [7, 11) is 3.83. The number of aromatic hydroxyl groups is 1. The van der Waals surface area contributed by atoms with Crippen LogP contribution in [0.2, 0.25) is 0 Å². The van der Waals surface area contributed by atoms with Gasteiger partial charge in [0.15, 0.2) is 0 Å². The van der Waals surface area contributed by atoms with E-state index in [2.05, 4.69) is 26.5 Å². The molecule has 0 aliphatic heterocycles. The molecule has 0 radical (unpaired) electrons. The highest BCUT2D eigenvalue weighted by molar-refractivity contribution is 9.10. The fourth-order valence-corrected chi connectivity index (χ4v) is 2.76. The normalized spacial score (nSPS) is 10.7. The third kappa shape index (κ3) is 4.54. The second-order valence-electron chi connectivity index (χ2n) is 5.26. The van der Waals surface area contributed by atoms with Crippen LogP contribution in [0.4, 0.5) is 11.4 Å². The number of phenols is 1. The summed E-state index contributed by atoms with van der Waals surface area (Å²) in [5.74, 6) is -1.11. The summed E-state index contributed by atoms with van der Waals surface area (Å²) in [6.45, 7) is 0. The molecule has 2 rings (SSSR count). The molecule has 2 aromatic carbocycles. The van der Waals surface area contributed by atoms with Gasteiger partial charge in [-0.3, -0.25) is 14.9 Å². The van der Waals surface area contributed by atoms with Crippen LogP contribution in [-0.2, 0) is 0 Å². The zero-order chi connectivity index (χ0) is 18.6. The van der Waals surface area contributed by atoms with E-state index >= 15 is 0 Å². The molecule has 0 spiro atoms. The number of hydrazone groups is 1. The monoisotopic (exact) mass is 406 g/mol. The van der Waals surface area contributed by atoms with E-state index in [1.807, 2.05) is 37.2 Å². The summed E-state index contributed by atoms with van der Waals surface area (Å²) < 4.78 is 0.865. The number of rotatable bonds is 5. The van der Waals surface area contributed by atoms with Crippen LogP contribution in [-0.4, -0.2) is 36.2 Å². The van der Waals surface area contributed by atoms with Crippen molar-refractivity contribution in [1.29, 1.82) is 0 Å². The van der Waals surface area contributed by atoms with Gasteiger partial charge in [0.2, 0.25) is 0 Å². The number of carbonyl (C=O) groups excluding carboxylic acids is 1. The molecule has 0 saturated heterocycles. The van der Waals surface area contributed by atoms with E-state index < -0.39 is 10.8 Å². The molecule has 0 aliphatic carbocycles. The van der Waals surface area contributed by atoms with Crippen molar-refractivity contribution < 1.29 is 14.8 Å². The lowest BCUT2D eigenvalue weighted by atomic mass is 10.1. The number of hydrogen-bond acceptors (Lipinski definition) is 6. The van der Waals surface area contributed by atoms with Crippen LogP contribution in [0.5, 0.6) is 5.75 Å². The van der Waals surface area contributed by atoms with Crippen molar-refractivity contribution in [2.24, 2.45) is 5.10 Å². The minimum absolute atomic E-state index is 0.226. The number of anilines is 1. The molecule has 0 aromatic heterocycles. The first kappa shape index (κ1) is 18.4. The van der Waals surface area contributed by atoms with E-state index in [-0.39, 0.29) is 17.0 Å². The Morgan fingerprint density at radius 2 is 2.04 bits per heavy atom. The number of non-ortho nitro benzene ring substituents is 1. The summed E-state index contributed by atoms with van der Waals surface area (Å²) >= 11 is 3.45. The van der Waals surface area contributed by atoms with E-state index in [1.165, 1.54) is 6.21 Å². The Labute approximate surface area is 152 Å². The van der Waals surface area contributed by atoms with Crippen LogP contribution in [0.25, 0.3) is 0 Å². The number of halogens is 1. The molecule has 9 heteroatoms. The standard InChI is InChI=1S/C16H15BrN4O4/c1-20(2)14-5-3-10(7-13(14)17)9-18-19-16(23)12-8-11(21(24)25)4-6-15(12)22/h3-9,22H,1-2H3,(H,19,23)/b18-9+. The van der Waals surface area contributed by atoms with Crippen molar-refractivity contribution in [2.45, 2.75) is 0 Å². The van der Waals surface area contributed by atoms with Crippen LogP contribution < -0.4 is 10.3 Å². The van der Waals surface area contributed by atoms with Gasteiger partial charge in [0.25, 0.3) is 11.6 Å². The van der Waals surface area contributed by atoms with Crippen molar-refractivity contribution in [1.82, 2.24) is 5.43 Å². The molecule has 0 heterocycles. The Hall–Kier alpha value is -2.94. The maximum atomic E-state index is 12.0. The van der Waals surface area contributed by atoms with Gasteiger partial charge in [-0.2, -0.15) is 5.10 Å². The first-order chi connectivity index (χ1) is 11.8. The predicted molar refractivity (Wildman–Crippen MR) is 98.3 cm³/mol. The molecule has 0 bridgehead atoms. The van der Waals surface area contributed by atoms with Crippen molar-refractivity contribution in [3.8, 4) is 5.75 Å². The Balaban J connectivity index is 2.12. The number of nitro groups is 1. The van der Waals surface area contributed by atoms with Gasteiger partial charge in [-0.05, 0) is 39.7 Å². The fraction of sp³-hybridized carbons (Fsp3) is 0.125. The SMILES string of the molecule is CN(C)c1ccc(/C=N/NC(=O)c2cc([N+](=O)[O-])ccc2O)cc1Br. The van der Waals surface area contributed by atoms with Gasteiger partial charge in [-0.1, -0.05) is 6.07 Å². The van der Waals surface area contributed by atoms with Crippen LogP contribution in [0.3, 0.4) is 0 Å². The number of carbonyl (C=O) groups is 1. The summed E-state index contributed by atoms with van der Waals surface area (Å²) in [4.78, 5) is 24.1. The quantitative estimate of drug-likeness (QED) is 0.450. The van der Waals surface area contributed by atoms with Crippen molar-refractivity contribution in [2.75, 3.05) is 19.0 Å². The minimum Gasteiger partial charge on any atom is -0.507 e. The summed E-state index contributed by atoms with van der Waals surface area (Å²) in [5, 5.41) is 24.2. The van der Waals surface area contributed by atoms with E-state index in [9.17, 15) is 20.0 Å². The summed E-state index contributed by atoms with van der Waals surface area (Å²) in [6, 6.07) is 8.73.